The Hall–Kier alpha value is -4.29. The van der Waals surface area contributed by atoms with Crippen LogP contribution in [0.5, 0.6) is 0 Å². The zero-order chi connectivity index (χ0) is 33.6. The monoisotopic (exact) mass is 770 g/mol. The largest absolute Gasteiger partial charge is 0.444 e. The maximum atomic E-state index is 14.4. The summed E-state index contributed by atoms with van der Waals surface area (Å²) in [7, 11) is 0. The third kappa shape index (κ3) is 10.6. The van der Waals surface area contributed by atoms with Crippen LogP contribution in [0, 0.1) is 15.2 Å². The summed E-state index contributed by atoms with van der Waals surface area (Å²) in [4.78, 5) is 32.7. The fraction of sp³-hybridized carbons (Fsp3) is 0.500. The van der Waals surface area contributed by atoms with E-state index in [1.807, 2.05) is 21.9 Å². The molecule has 2 aromatic carbocycles. The molecule has 4 heterocycles. The summed E-state index contributed by atoms with van der Waals surface area (Å²) in [5.41, 5.74) is 17.8. The Kier molecular flexibility index (Phi) is 13.7. The summed E-state index contributed by atoms with van der Waals surface area (Å²) in [5, 5.41) is 9.08. The minimum atomic E-state index is -0.568. The average molecular weight is 771 g/mol. The standard InChI is InChI=1S/C14H16FN5O3.C10H11FINO.C4H6N4O2/c15-12-7-10(1-2-13(12)19-3-5-22-6-4-19)20-9-11(8-17-18-16)23-14(20)21;11-9-7-8(12)1-2-10(9)13-3-5-14-6-4-13;5-8-7-2-3-1-6-4(9)10-3/h1-2,7,11H,3-6,8-9H2;1-2,7H,3-6H2;3H,1-2H2,(H,6,9)/t11-;;3-/m0.1/s1. The molecule has 16 nitrogen and oxygen atoms in total. The van der Waals surface area contributed by atoms with Crippen LogP contribution in [0.25, 0.3) is 20.9 Å². The second-order valence-electron chi connectivity index (χ2n) is 10.3. The summed E-state index contributed by atoms with van der Waals surface area (Å²) in [6.45, 7) is 6.26. The Balaban J connectivity index is 0.000000177. The topological polar surface area (TPSA) is 190 Å². The average Bonchev–Trinajstić information content (AvgIpc) is 3.68. The molecule has 19 heteroatoms. The molecule has 0 unspecified atom stereocenters. The van der Waals surface area contributed by atoms with Crippen molar-refractivity contribution in [2.24, 2.45) is 10.2 Å². The van der Waals surface area contributed by atoms with Crippen LogP contribution < -0.4 is 20.0 Å². The third-order valence-electron chi connectivity index (χ3n) is 7.18. The van der Waals surface area contributed by atoms with Crippen molar-refractivity contribution in [1.29, 1.82) is 0 Å². The number of halogens is 3. The lowest BCUT2D eigenvalue weighted by molar-refractivity contribution is 0.122. The summed E-state index contributed by atoms with van der Waals surface area (Å²) in [6.07, 6.45) is -1.82. The number of rotatable bonds is 7. The van der Waals surface area contributed by atoms with E-state index in [1.165, 1.54) is 11.0 Å². The highest BCUT2D eigenvalue weighted by Gasteiger charge is 2.32. The number of nitrogens with one attached hydrogen (secondary N) is 1. The van der Waals surface area contributed by atoms with Gasteiger partial charge in [-0.3, -0.25) is 4.90 Å². The molecule has 252 valence electrons. The van der Waals surface area contributed by atoms with Crippen LogP contribution in [0.4, 0.5) is 35.4 Å². The Morgan fingerprint density at radius 1 is 0.830 bits per heavy atom. The third-order valence-corrected chi connectivity index (χ3v) is 7.85. The minimum absolute atomic E-state index is 0.0626. The first-order valence-corrected chi connectivity index (χ1v) is 15.7. The highest BCUT2D eigenvalue weighted by Crippen LogP contribution is 2.28. The summed E-state index contributed by atoms with van der Waals surface area (Å²) < 4.78 is 49.1. The van der Waals surface area contributed by atoms with Crippen molar-refractivity contribution in [3.8, 4) is 0 Å². The number of morpholine rings is 2. The predicted octanol–water partition coefficient (Wildman–Crippen LogP) is 4.97. The van der Waals surface area contributed by atoms with Crippen molar-refractivity contribution in [2.75, 3.05) is 93.5 Å². The van der Waals surface area contributed by atoms with Crippen molar-refractivity contribution in [3.63, 3.8) is 0 Å². The first kappa shape index (κ1) is 35.6. The molecule has 0 aliphatic carbocycles. The number of anilines is 3. The lowest BCUT2D eigenvalue weighted by Gasteiger charge is -2.29. The molecule has 2 amide bonds. The van der Waals surface area contributed by atoms with E-state index < -0.39 is 24.1 Å². The molecule has 2 aromatic rings. The molecule has 4 fully saturated rings. The maximum absolute atomic E-state index is 14.4. The quantitative estimate of drug-likeness (QED) is 0.177. The SMILES string of the molecule is Fc1cc(I)ccc1N1CCOCC1.[N-]=[N+]=NC[C@H]1CN(c2ccc(N3CCOCC3)c(F)c2)C(=O)O1.[N-]=[N+]=NC[C@H]1CNC(=O)O1. The van der Waals surface area contributed by atoms with Gasteiger partial charge in [-0.15, -0.1) is 0 Å². The first-order chi connectivity index (χ1) is 22.8. The van der Waals surface area contributed by atoms with Crippen LogP contribution >= 0.6 is 22.6 Å². The Morgan fingerprint density at radius 3 is 1.89 bits per heavy atom. The number of benzene rings is 2. The number of azide groups is 2. The molecule has 2 atom stereocenters. The van der Waals surface area contributed by atoms with Gasteiger partial charge in [0.15, 0.2) is 0 Å². The van der Waals surface area contributed by atoms with E-state index in [1.54, 1.807) is 18.2 Å². The van der Waals surface area contributed by atoms with E-state index >= 15 is 0 Å². The molecule has 4 saturated heterocycles. The second-order valence-corrected chi connectivity index (χ2v) is 11.5. The van der Waals surface area contributed by atoms with Crippen LogP contribution in [0.15, 0.2) is 46.6 Å². The number of carbonyl (C=O) groups is 2. The molecular formula is C28H33F2IN10O6. The normalized spacial score (nSPS) is 20.3. The summed E-state index contributed by atoms with van der Waals surface area (Å²) >= 11 is 2.11. The second kappa shape index (κ2) is 18.2. The molecular weight excluding hydrogens is 737 g/mol. The van der Waals surface area contributed by atoms with Gasteiger partial charge in [-0.1, -0.05) is 10.2 Å². The van der Waals surface area contributed by atoms with Gasteiger partial charge in [-0.05, 0) is 70.1 Å². The van der Waals surface area contributed by atoms with Gasteiger partial charge in [0.25, 0.3) is 0 Å². The van der Waals surface area contributed by atoms with Crippen LogP contribution in [0.3, 0.4) is 0 Å². The molecule has 4 aliphatic heterocycles. The van der Waals surface area contributed by atoms with Gasteiger partial charge in [0.2, 0.25) is 0 Å². The lowest BCUT2D eigenvalue weighted by Crippen LogP contribution is -2.36. The van der Waals surface area contributed by atoms with Crippen molar-refractivity contribution in [1.82, 2.24) is 5.32 Å². The molecule has 6 rings (SSSR count). The highest BCUT2D eigenvalue weighted by molar-refractivity contribution is 14.1. The zero-order valence-electron chi connectivity index (χ0n) is 25.2. The van der Waals surface area contributed by atoms with Crippen LogP contribution in [-0.4, -0.2) is 103 Å². The number of carbonyl (C=O) groups excluding carboxylic acids is 2. The van der Waals surface area contributed by atoms with Crippen LogP contribution in [0.2, 0.25) is 0 Å². The van der Waals surface area contributed by atoms with Gasteiger partial charge in [0.1, 0.15) is 23.8 Å². The fourth-order valence-corrected chi connectivity index (χ4v) is 5.34. The Bertz CT molecular complexity index is 1480. The number of ether oxygens (including phenoxy) is 4. The molecule has 0 radical (unpaired) electrons. The van der Waals surface area contributed by atoms with Gasteiger partial charge in [-0.25, -0.2) is 18.4 Å². The van der Waals surface area contributed by atoms with E-state index in [2.05, 4.69) is 52.7 Å². The van der Waals surface area contributed by atoms with Crippen molar-refractivity contribution in [2.45, 2.75) is 12.2 Å². The van der Waals surface area contributed by atoms with Gasteiger partial charge in [0, 0.05) is 39.6 Å². The van der Waals surface area contributed by atoms with E-state index in [0.717, 1.165) is 16.7 Å². The van der Waals surface area contributed by atoms with Crippen LogP contribution in [0.1, 0.15) is 0 Å². The minimum Gasteiger partial charge on any atom is -0.444 e. The van der Waals surface area contributed by atoms with Gasteiger partial charge in [0.05, 0.1) is 69.7 Å². The molecule has 0 spiro atoms. The lowest BCUT2D eigenvalue weighted by atomic mass is 10.2. The maximum Gasteiger partial charge on any atom is 0.414 e. The molecule has 47 heavy (non-hydrogen) atoms. The van der Waals surface area contributed by atoms with E-state index in [0.29, 0.717) is 63.1 Å². The Morgan fingerprint density at radius 2 is 1.38 bits per heavy atom. The number of alkyl carbamates (subject to hydrolysis) is 1. The smallest absolute Gasteiger partial charge is 0.414 e. The van der Waals surface area contributed by atoms with Gasteiger partial charge in [-0.2, -0.15) is 0 Å². The summed E-state index contributed by atoms with van der Waals surface area (Å²) in [6, 6.07) is 9.99. The first-order valence-electron chi connectivity index (χ1n) is 14.6. The number of nitrogens with zero attached hydrogens (tertiary/aromatic N) is 9. The number of amides is 2. The van der Waals surface area contributed by atoms with Crippen molar-refractivity contribution in [3.05, 3.63) is 72.5 Å². The molecule has 0 bridgehead atoms. The van der Waals surface area contributed by atoms with Gasteiger partial charge < -0.3 is 34.1 Å². The van der Waals surface area contributed by atoms with Crippen molar-refractivity contribution >= 4 is 51.8 Å². The molecule has 1 N–H and O–H groups in total. The van der Waals surface area contributed by atoms with E-state index in [4.69, 9.17) is 25.3 Å². The summed E-state index contributed by atoms with van der Waals surface area (Å²) in [5.74, 6) is -0.533. The number of cyclic esters (lactones) is 2. The van der Waals surface area contributed by atoms with Gasteiger partial charge >= 0.3 is 12.2 Å². The zero-order valence-corrected chi connectivity index (χ0v) is 27.4. The molecule has 0 saturated carbocycles. The highest BCUT2D eigenvalue weighted by atomic mass is 127. The Labute approximate surface area is 282 Å². The number of hydrogen-bond acceptors (Lipinski definition) is 10. The fourth-order valence-electron chi connectivity index (χ4n) is 4.88. The molecule has 4 aliphatic rings. The van der Waals surface area contributed by atoms with E-state index in [-0.39, 0.29) is 31.6 Å². The van der Waals surface area contributed by atoms with Crippen molar-refractivity contribution < 1.29 is 37.3 Å². The predicted molar refractivity (Wildman–Crippen MR) is 175 cm³/mol. The molecule has 0 aromatic heterocycles. The van der Waals surface area contributed by atoms with E-state index in [9.17, 15) is 18.4 Å². The van der Waals surface area contributed by atoms with Crippen LogP contribution in [-0.2, 0) is 18.9 Å². The number of hydrogen-bond donors (Lipinski definition) is 1.